The van der Waals surface area contributed by atoms with Crippen LogP contribution in [0.4, 0.5) is 5.00 Å². The molecule has 0 saturated heterocycles. The van der Waals surface area contributed by atoms with Gasteiger partial charge in [0.25, 0.3) is 0 Å². The molecule has 1 heterocycles. The number of rotatable bonds is 1. The fraction of sp³-hybridized carbons (Fsp3) is 0.333. The summed E-state index contributed by atoms with van der Waals surface area (Å²) in [7, 11) is 0. The molecule has 1 nitrogen and oxygen atoms in total. The van der Waals surface area contributed by atoms with E-state index in [9.17, 15) is 0 Å². The summed E-state index contributed by atoms with van der Waals surface area (Å²) in [5.41, 5.74) is 6.84. The summed E-state index contributed by atoms with van der Waals surface area (Å²) in [5, 5.41) is 2.99. The Morgan fingerprint density at radius 1 is 1.75 bits per heavy atom. The van der Waals surface area contributed by atoms with Crippen LogP contribution >= 0.6 is 11.3 Å². The first-order valence-corrected chi connectivity index (χ1v) is 3.54. The van der Waals surface area contributed by atoms with Gasteiger partial charge in [0.15, 0.2) is 0 Å². The van der Waals surface area contributed by atoms with E-state index in [0.717, 1.165) is 11.4 Å². The van der Waals surface area contributed by atoms with Crippen LogP contribution < -0.4 is 5.73 Å². The Labute approximate surface area is 53.1 Å². The van der Waals surface area contributed by atoms with Gasteiger partial charge in [0.1, 0.15) is 0 Å². The quantitative estimate of drug-likeness (QED) is 0.612. The SMILES string of the molecule is CCc1ccsc1N. The summed E-state index contributed by atoms with van der Waals surface area (Å²) in [5.74, 6) is 0. The van der Waals surface area contributed by atoms with Crippen molar-refractivity contribution in [3.8, 4) is 0 Å². The Bertz CT molecular complexity index is 169. The molecule has 0 bridgehead atoms. The number of hydrogen-bond acceptors (Lipinski definition) is 2. The van der Waals surface area contributed by atoms with Gasteiger partial charge in [-0.05, 0) is 23.4 Å². The van der Waals surface area contributed by atoms with Gasteiger partial charge in [-0.2, -0.15) is 0 Å². The van der Waals surface area contributed by atoms with Crippen LogP contribution in [0.2, 0.25) is 0 Å². The highest BCUT2D eigenvalue weighted by Gasteiger charge is 1.93. The molecular formula is C6H9NS. The Morgan fingerprint density at radius 2 is 2.50 bits per heavy atom. The first-order valence-electron chi connectivity index (χ1n) is 2.66. The second-order valence-corrected chi connectivity index (χ2v) is 2.61. The molecule has 0 saturated carbocycles. The van der Waals surface area contributed by atoms with Crippen molar-refractivity contribution < 1.29 is 0 Å². The standard InChI is InChI=1S/C6H9NS/c1-2-5-3-4-8-6(5)7/h3-4H,2,7H2,1H3. The summed E-state index contributed by atoms with van der Waals surface area (Å²) in [6.45, 7) is 2.11. The highest BCUT2D eigenvalue weighted by molar-refractivity contribution is 7.14. The molecule has 0 fully saturated rings. The third-order valence-electron chi connectivity index (χ3n) is 1.16. The minimum atomic E-state index is 0.965. The summed E-state index contributed by atoms with van der Waals surface area (Å²) in [6.07, 6.45) is 1.05. The Hall–Kier alpha value is -0.500. The predicted molar refractivity (Wildman–Crippen MR) is 38.1 cm³/mol. The zero-order valence-electron chi connectivity index (χ0n) is 4.85. The van der Waals surface area contributed by atoms with Gasteiger partial charge in [-0.1, -0.05) is 6.92 Å². The largest absolute Gasteiger partial charge is 0.390 e. The van der Waals surface area contributed by atoms with E-state index in [1.807, 2.05) is 5.38 Å². The average molecular weight is 127 g/mol. The number of anilines is 1. The molecule has 2 N–H and O–H groups in total. The molecule has 1 rings (SSSR count). The Balaban J connectivity index is 2.92. The van der Waals surface area contributed by atoms with Gasteiger partial charge >= 0.3 is 0 Å². The molecule has 1 aromatic heterocycles. The highest BCUT2D eigenvalue weighted by Crippen LogP contribution is 2.18. The third-order valence-corrected chi connectivity index (χ3v) is 1.95. The monoisotopic (exact) mass is 127 g/mol. The molecule has 0 unspecified atom stereocenters. The normalized spacial score (nSPS) is 9.62. The van der Waals surface area contributed by atoms with Gasteiger partial charge in [0.05, 0.1) is 5.00 Å². The highest BCUT2D eigenvalue weighted by atomic mass is 32.1. The fourth-order valence-corrected chi connectivity index (χ4v) is 1.38. The van der Waals surface area contributed by atoms with Crippen molar-refractivity contribution in [2.75, 3.05) is 5.73 Å². The van der Waals surface area contributed by atoms with Gasteiger partial charge in [-0.15, -0.1) is 11.3 Å². The van der Waals surface area contributed by atoms with Crippen LogP contribution in [0.3, 0.4) is 0 Å². The predicted octanol–water partition coefficient (Wildman–Crippen LogP) is 1.89. The van der Waals surface area contributed by atoms with Gasteiger partial charge in [0, 0.05) is 0 Å². The van der Waals surface area contributed by atoms with Gasteiger partial charge in [0.2, 0.25) is 0 Å². The molecule has 0 aliphatic heterocycles. The molecule has 0 spiro atoms. The van der Waals surface area contributed by atoms with Crippen molar-refractivity contribution in [3.05, 3.63) is 17.0 Å². The molecule has 0 amide bonds. The second-order valence-electron chi connectivity index (χ2n) is 1.66. The van der Waals surface area contributed by atoms with Crippen molar-refractivity contribution in [1.29, 1.82) is 0 Å². The van der Waals surface area contributed by atoms with Crippen LogP contribution in [-0.2, 0) is 6.42 Å². The Morgan fingerprint density at radius 3 is 2.75 bits per heavy atom. The molecular weight excluding hydrogens is 118 g/mol. The summed E-state index contributed by atoms with van der Waals surface area (Å²) in [6, 6.07) is 2.07. The van der Waals surface area contributed by atoms with Gasteiger partial charge in [-0.3, -0.25) is 0 Å². The average Bonchev–Trinajstić information content (AvgIpc) is 2.14. The molecule has 1 aromatic rings. The third kappa shape index (κ3) is 0.842. The lowest BCUT2D eigenvalue weighted by Crippen LogP contribution is -1.83. The van der Waals surface area contributed by atoms with E-state index in [2.05, 4.69) is 13.0 Å². The molecule has 0 aliphatic rings. The van der Waals surface area contributed by atoms with Crippen molar-refractivity contribution in [2.24, 2.45) is 0 Å². The van der Waals surface area contributed by atoms with Crippen LogP contribution in [0.25, 0.3) is 0 Å². The van der Waals surface area contributed by atoms with Crippen molar-refractivity contribution in [1.82, 2.24) is 0 Å². The molecule has 0 radical (unpaired) electrons. The number of thiophene rings is 1. The fourth-order valence-electron chi connectivity index (χ4n) is 0.639. The van der Waals surface area contributed by atoms with E-state index < -0.39 is 0 Å². The second kappa shape index (κ2) is 2.18. The van der Waals surface area contributed by atoms with E-state index in [0.29, 0.717) is 0 Å². The molecule has 0 aliphatic carbocycles. The summed E-state index contributed by atoms with van der Waals surface area (Å²) < 4.78 is 0. The minimum Gasteiger partial charge on any atom is -0.390 e. The van der Waals surface area contributed by atoms with Crippen LogP contribution in [0.1, 0.15) is 12.5 Å². The number of nitrogens with two attached hydrogens (primary N) is 1. The van der Waals surface area contributed by atoms with Crippen LogP contribution in [0, 0.1) is 0 Å². The van der Waals surface area contributed by atoms with Crippen molar-refractivity contribution in [2.45, 2.75) is 13.3 Å². The van der Waals surface area contributed by atoms with E-state index in [-0.39, 0.29) is 0 Å². The lowest BCUT2D eigenvalue weighted by atomic mass is 10.2. The Kier molecular flexibility index (Phi) is 1.53. The van der Waals surface area contributed by atoms with Crippen LogP contribution in [0.5, 0.6) is 0 Å². The molecule has 2 heteroatoms. The first kappa shape index (κ1) is 5.63. The van der Waals surface area contributed by atoms with Crippen molar-refractivity contribution in [3.63, 3.8) is 0 Å². The molecule has 44 valence electrons. The summed E-state index contributed by atoms with van der Waals surface area (Å²) >= 11 is 1.61. The van der Waals surface area contributed by atoms with Crippen molar-refractivity contribution >= 4 is 16.3 Å². The zero-order chi connectivity index (χ0) is 5.98. The van der Waals surface area contributed by atoms with E-state index in [1.165, 1.54) is 5.56 Å². The maximum absolute atomic E-state index is 5.57. The molecule has 0 aromatic carbocycles. The van der Waals surface area contributed by atoms with Gasteiger partial charge < -0.3 is 5.73 Å². The summed E-state index contributed by atoms with van der Waals surface area (Å²) in [4.78, 5) is 0. The molecule has 0 atom stereocenters. The topological polar surface area (TPSA) is 26.0 Å². The van der Waals surface area contributed by atoms with Crippen LogP contribution in [0.15, 0.2) is 11.4 Å². The van der Waals surface area contributed by atoms with Crippen LogP contribution in [-0.4, -0.2) is 0 Å². The minimum absolute atomic E-state index is 0.965. The number of aryl methyl sites for hydroxylation is 1. The lowest BCUT2D eigenvalue weighted by molar-refractivity contribution is 1.16. The first-order chi connectivity index (χ1) is 3.84. The zero-order valence-corrected chi connectivity index (χ0v) is 5.66. The van der Waals surface area contributed by atoms with E-state index in [4.69, 9.17) is 5.73 Å². The lowest BCUT2D eigenvalue weighted by Gasteiger charge is -1.88. The maximum atomic E-state index is 5.57. The van der Waals surface area contributed by atoms with Gasteiger partial charge in [-0.25, -0.2) is 0 Å². The number of nitrogen functional groups attached to an aromatic ring is 1. The molecule has 8 heavy (non-hydrogen) atoms. The number of hydrogen-bond donors (Lipinski definition) is 1. The maximum Gasteiger partial charge on any atom is 0.0888 e. The van der Waals surface area contributed by atoms with E-state index in [1.54, 1.807) is 11.3 Å². The van der Waals surface area contributed by atoms with E-state index >= 15 is 0 Å². The smallest absolute Gasteiger partial charge is 0.0888 e.